The molecule has 0 radical (unpaired) electrons. The number of halogens is 1. The maximum absolute atomic E-state index is 13.2. The predicted molar refractivity (Wildman–Crippen MR) is 109 cm³/mol. The van der Waals surface area contributed by atoms with Gasteiger partial charge in [0.05, 0.1) is 11.4 Å². The van der Waals surface area contributed by atoms with E-state index >= 15 is 0 Å². The Balaban J connectivity index is 1.59. The Hall–Kier alpha value is -3.32. The van der Waals surface area contributed by atoms with E-state index in [9.17, 15) is 14.0 Å². The monoisotopic (exact) mass is 408 g/mol. The molecule has 0 aliphatic rings. The number of Topliss-reactive ketones (excluding diaryl/α,β-unsaturated/α-hetero) is 1. The Bertz CT molecular complexity index is 1200. The molecule has 29 heavy (non-hydrogen) atoms. The highest BCUT2D eigenvalue weighted by molar-refractivity contribution is 7.20. The van der Waals surface area contributed by atoms with Crippen molar-refractivity contribution < 1.29 is 18.7 Å². The van der Waals surface area contributed by atoms with E-state index in [1.54, 1.807) is 54.1 Å². The van der Waals surface area contributed by atoms with Gasteiger partial charge in [-0.15, -0.1) is 11.3 Å². The molecule has 2 aromatic carbocycles. The molecule has 7 heteroatoms. The molecule has 5 nitrogen and oxygen atoms in total. The number of carbonyl (C=O) groups is 2. The van der Waals surface area contributed by atoms with Crippen molar-refractivity contribution >= 4 is 33.3 Å². The van der Waals surface area contributed by atoms with Gasteiger partial charge in [-0.05, 0) is 44.2 Å². The topological polar surface area (TPSA) is 61.2 Å². The fourth-order valence-electron chi connectivity index (χ4n) is 3.01. The van der Waals surface area contributed by atoms with Crippen LogP contribution in [0.4, 0.5) is 4.39 Å². The summed E-state index contributed by atoms with van der Waals surface area (Å²) in [6.07, 6.45) is -0.898. The average molecular weight is 408 g/mol. The molecule has 2 heterocycles. The van der Waals surface area contributed by atoms with Crippen LogP contribution in [0.15, 0.2) is 60.7 Å². The Morgan fingerprint density at radius 2 is 1.79 bits per heavy atom. The molecular formula is C22H17FN2O3S. The lowest BCUT2D eigenvalue weighted by molar-refractivity contribution is 0.0323. The molecule has 0 spiro atoms. The highest BCUT2D eigenvalue weighted by Crippen LogP contribution is 2.31. The number of hydrogen-bond acceptors (Lipinski definition) is 5. The number of hydrogen-bond donors (Lipinski definition) is 0. The van der Waals surface area contributed by atoms with Crippen LogP contribution < -0.4 is 0 Å². The van der Waals surface area contributed by atoms with Crippen LogP contribution in [0, 0.1) is 12.7 Å². The zero-order valence-electron chi connectivity index (χ0n) is 15.8. The van der Waals surface area contributed by atoms with Gasteiger partial charge in [0.2, 0.25) is 5.78 Å². The number of nitrogens with zero attached hydrogens (tertiary/aromatic N) is 2. The van der Waals surface area contributed by atoms with Crippen molar-refractivity contribution in [3.8, 4) is 5.69 Å². The minimum Gasteiger partial charge on any atom is -0.450 e. The number of thiophene rings is 1. The van der Waals surface area contributed by atoms with Crippen LogP contribution in [0.1, 0.15) is 32.6 Å². The standard InChI is InChI=1S/C22H17FN2O3S/c1-13-18-12-19(22(27)28-14(2)20(26)15-6-4-3-5-7-15)29-21(18)25(24-13)17-10-8-16(23)9-11-17/h3-12,14H,1-2H3. The molecule has 4 aromatic rings. The van der Waals surface area contributed by atoms with Crippen LogP contribution >= 0.6 is 11.3 Å². The summed E-state index contributed by atoms with van der Waals surface area (Å²) in [6.45, 7) is 3.40. The van der Waals surface area contributed by atoms with Gasteiger partial charge >= 0.3 is 5.97 Å². The Morgan fingerprint density at radius 1 is 1.10 bits per heavy atom. The summed E-state index contributed by atoms with van der Waals surface area (Å²) in [6, 6.07) is 16.4. The second kappa shape index (κ2) is 7.60. The van der Waals surface area contributed by atoms with Crippen LogP contribution in [0.3, 0.4) is 0 Å². The molecule has 1 unspecified atom stereocenters. The fraction of sp³-hybridized carbons (Fsp3) is 0.136. The van der Waals surface area contributed by atoms with Crippen LogP contribution in [0.5, 0.6) is 0 Å². The van der Waals surface area contributed by atoms with Gasteiger partial charge in [0.25, 0.3) is 0 Å². The average Bonchev–Trinajstić information content (AvgIpc) is 3.29. The molecule has 146 valence electrons. The molecule has 0 aliphatic heterocycles. The molecule has 2 aromatic heterocycles. The first-order chi connectivity index (χ1) is 13.9. The second-order valence-electron chi connectivity index (χ2n) is 6.58. The van der Waals surface area contributed by atoms with E-state index in [2.05, 4.69) is 5.10 Å². The molecule has 0 saturated carbocycles. The first-order valence-corrected chi connectivity index (χ1v) is 9.81. The van der Waals surface area contributed by atoms with Crippen LogP contribution in [-0.2, 0) is 4.74 Å². The molecule has 0 fully saturated rings. The molecule has 4 rings (SSSR count). The summed E-state index contributed by atoms with van der Waals surface area (Å²) in [5.41, 5.74) is 1.93. The Labute approximate surface area is 170 Å². The van der Waals surface area contributed by atoms with Gasteiger partial charge in [0, 0.05) is 10.9 Å². The van der Waals surface area contributed by atoms with Gasteiger partial charge in [-0.25, -0.2) is 13.9 Å². The summed E-state index contributed by atoms with van der Waals surface area (Å²) >= 11 is 1.22. The highest BCUT2D eigenvalue weighted by atomic mass is 32.1. The quantitative estimate of drug-likeness (QED) is 0.346. The summed E-state index contributed by atoms with van der Waals surface area (Å²) in [7, 11) is 0. The summed E-state index contributed by atoms with van der Waals surface area (Å²) in [5.74, 6) is -1.15. The smallest absolute Gasteiger partial charge is 0.349 e. The van der Waals surface area contributed by atoms with Crippen LogP contribution in [0.25, 0.3) is 15.9 Å². The van der Waals surface area contributed by atoms with Gasteiger partial charge in [-0.2, -0.15) is 5.10 Å². The third-order valence-electron chi connectivity index (χ3n) is 4.53. The lowest BCUT2D eigenvalue weighted by Crippen LogP contribution is -2.24. The Morgan fingerprint density at radius 3 is 2.48 bits per heavy atom. The SMILES string of the molecule is Cc1nn(-c2ccc(F)cc2)c2sc(C(=O)OC(C)C(=O)c3ccccc3)cc12. The molecule has 1 atom stereocenters. The van der Waals surface area contributed by atoms with Crippen LogP contribution in [-0.4, -0.2) is 27.6 Å². The van der Waals surface area contributed by atoms with Crippen molar-refractivity contribution in [3.63, 3.8) is 0 Å². The lowest BCUT2D eigenvalue weighted by atomic mass is 10.1. The molecule has 0 saturated heterocycles. The number of aryl methyl sites for hydroxylation is 1. The van der Waals surface area contributed by atoms with E-state index in [1.807, 2.05) is 13.0 Å². The third-order valence-corrected chi connectivity index (χ3v) is 5.62. The van der Waals surface area contributed by atoms with E-state index in [0.29, 0.717) is 16.1 Å². The third kappa shape index (κ3) is 3.69. The minimum atomic E-state index is -0.898. The number of carbonyl (C=O) groups excluding carboxylic acids is 2. The van der Waals surface area contributed by atoms with E-state index < -0.39 is 12.1 Å². The first kappa shape index (κ1) is 19.0. The maximum atomic E-state index is 13.2. The number of aromatic nitrogens is 2. The number of ketones is 1. The van der Waals surface area contributed by atoms with Gasteiger partial charge in [-0.3, -0.25) is 4.79 Å². The number of ether oxygens (including phenoxy) is 1. The Kier molecular flexibility index (Phi) is 4.98. The van der Waals surface area contributed by atoms with Crippen molar-refractivity contribution in [3.05, 3.63) is 82.6 Å². The second-order valence-corrected chi connectivity index (χ2v) is 7.61. The first-order valence-electron chi connectivity index (χ1n) is 8.99. The minimum absolute atomic E-state index is 0.256. The molecule has 0 aliphatic carbocycles. The molecule has 0 amide bonds. The lowest BCUT2D eigenvalue weighted by Gasteiger charge is -2.11. The summed E-state index contributed by atoms with van der Waals surface area (Å²) < 4.78 is 20.3. The van der Waals surface area contributed by atoms with Gasteiger partial charge in [0.1, 0.15) is 15.5 Å². The number of benzene rings is 2. The van der Waals surface area contributed by atoms with Crippen molar-refractivity contribution in [2.75, 3.05) is 0 Å². The number of rotatable bonds is 5. The fourth-order valence-corrected chi connectivity index (χ4v) is 4.08. The van der Waals surface area contributed by atoms with Gasteiger partial charge < -0.3 is 4.74 Å². The van der Waals surface area contributed by atoms with E-state index in [4.69, 9.17) is 4.74 Å². The van der Waals surface area contributed by atoms with E-state index in [1.165, 1.54) is 23.5 Å². The van der Waals surface area contributed by atoms with Gasteiger partial charge in [-0.1, -0.05) is 30.3 Å². The van der Waals surface area contributed by atoms with E-state index in [0.717, 1.165) is 15.9 Å². The van der Waals surface area contributed by atoms with Crippen molar-refractivity contribution in [1.82, 2.24) is 9.78 Å². The predicted octanol–water partition coefficient (Wildman–Crippen LogP) is 4.96. The largest absolute Gasteiger partial charge is 0.450 e. The normalized spacial score (nSPS) is 12.1. The molecule has 0 N–H and O–H groups in total. The highest BCUT2D eigenvalue weighted by Gasteiger charge is 2.23. The number of esters is 1. The van der Waals surface area contributed by atoms with Crippen molar-refractivity contribution in [2.45, 2.75) is 20.0 Å². The summed E-state index contributed by atoms with van der Waals surface area (Å²) in [5, 5.41) is 5.29. The van der Waals surface area contributed by atoms with Gasteiger partial charge in [0.15, 0.2) is 6.10 Å². The zero-order chi connectivity index (χ0) is 20.5. The van der Waals surface area contributed by atoms with Crippen molar-refractivity contribution in [2.24, 2.45) is 0 Å². The number of fused-ring (bicyclic) bond motifs is 1. The molecule has 0 bridgehead atoms. The van der Waals surface area contributed by atoms with E-state index in [-0.39, 0.29) is 11.6 Å². The zero-order valence-corrected chi connectivity index (χ0v) is 16.6. The maximum Gasteiger partial charge on any atom is 0.349 e. The van der Waals surface area contributed by atoms with Crippen molar-refractivity contribution in [1.29, 1.82) is 0 Å². The van der Waals surface area contributed by atoms with Crippen LogP contribution in [0.2, 0.25) is 0 Å². The summed E-state index contributed by atoms with van der Waals surface area (Å²) in [4.78, 5) is 26.2. The molecular weight excluding hydrogens is 391 g/mol.